The molecule has 2 aromatic rings. The molecule has 0 atom stereocenters. The largest absolute Gasteiger partial charge is 0.493 e. The topological polar surface area (TPSA) is 60.0 Å². The zero-order chi connectivity index (χ0) is 18.5. The van der Waals surface area contributed by atoms with Gasteiger partial charge in [0.15, 0.2) is 11.5 Å². The predicted molar refractivity (Wildman–Crippen MR) is 100 cm³/mol. The molecular formula is C20H24N2O4. The highest BCUT2D eigenvalue weighted by molar-refractivity contribution is 5.90. The number of aryl methyl sites for hydroxylation is 1. The Morgan fingerprint density at radius 2 is 1.81 bits per heavy atom. The minimum absolute atomic E-state index is 0.0267. The average molecular weight is 356 g/mol. The summed E-state index contributed by atoms with van der Waals surface area (Å²) in [4.78, 5) is 14.1. The number of hydrogen-bond acceptors (Lipinski definition) is 4. The number of carbonyl (C=O) groups excluding carboxylic acids is 1. The first-order valence-electron chi connectivity index (χ1n) is 8.67. The number of para-hydroxylation sites is 1. The number of urea groups is 1. The number of benzene rings is 2. The van der Waals surface area contributed by atoms with Crippen molar-refractivity contribution >= 4 is 11.7 Å². The van der Waals surface area contributed by atoms with Crippen LogP contribution in [0.25, 0.3) is 0 Å². The molecule has 0 unspecified atom stereocenters. The van der Waals surface area contributed by atoms with E-state index >= 15 is 0 Å². The summed E-state index contributed by atoms with van der Waals surface area (Å²) in [6, 6.07) is 13.1. The Hall–Kier alpha value is -2.89. The quantitative estimate of drug-likeness (QED) is 0.860. The van der Waals surface area contributed by atoms with Crippen LogP contribution in [0.4, 0.5) is 10.5 Å². The Balaban J connectivity index is 1.54. The number of anilines is 1. The SMILES string of the molecule is CCc1ccccc1OC1CN(C(=O)Nc2ccc(OC)c(OC)c2)C1. The number of likely N-dealkylation sites (tertiary alicyclic amines) is 1. The van der Waals surface area contributed by atoms with Gasteiger partial charge in [0.25, 0.3) is 0 Å². The first-order valence-corrected chi connectivity index (χ1v) is 8.67. The van der Waals surface area contributed by atoms with Gasteiger partial charge in [-0.25, -0.2) is 4.79 Å². The van der Waals surface area contributed by atoms with E-state index in [9.17, 15) is 4.79 Å². The maximum absolute atomic E-state index is 12.4. The van der Waals surface area contributed by atoms with Crippen LogP contribution in [0.5, 0.6) is 17.2 Å². The van der Waals surface area contributed by atoms with Gasteiger partial charge >= 0.3 is 6.03 Å². The van der Waals surface area contributed by atoms with Crippen molar-refractivity contribution in [3.05, 3.63) is 48.0 Å². The number of carbonyl (C=O) groups is 1. The van der Waals surface area contributed by atoms with Crippen LogP contribution in [-0.4, -0.2) is 44.3 Å². The second-order valence-electron chi connectivity index (χ2n) is 6.11. The Kier molecular flexibility index (Phi) is 5.51. The number of hydrogen-bond donors (Lipinski definition) is 1. The fourth-order valence-corrected chi connectivity index (χ4v) is 2.89. The van der Waals surface area contributed by atoms with Crippen LogP contribution in [0.15, 0.2) is 42.5 Å². The van der Waals surface area contributed by atoms with Gasteiger partial charge in [-0.3, -0.25) is 0 Å². The molecule has 6 nitrogen and oxygen atoms in total. The molecule has 2 amide bonds. The number of ether oxygens (including phenoxy) is 3. The normalized spacial score (nSPS) is 13.7. The number of nitrogens with zero attached hydrogens (tertiary/aromatic N) is 1. The van der Waals surface area contributed by atoms with Gasteiger partial charge in [0.05, 0.1) is 27.3 Å². The van der Waals surface area contributed by atoms with Crippen LogP contribution in [0.3, 0.4) is 0 Å². The van der Waals surface area contributed by atoms with E-state index < -0.39 is 0 Å². The highest BCUT2D eigenvalue weighted by Crippen LogP contribution is 2.30. The Morgan fingerprint density at radius 1 is 1.08 bits per heavy atom. The summed E-state index contributed by atoms with van der Waals surface area (Å²) in [5.41, 5.74) is 1.84. The molecule has 6 heteroatoms. The molecule has 1 aliphatic rings. The van der Waals surface area contributed by atoms with E-state index in [0.29, 0.717) is 30.3 Å². The monoisotopic (exact) mass is 356 g/mol. The van der Waals surface area contributed by atoms with E-state index in [2.05, 4.69) is 18.3 Å². The summed E-state index contributed by atoms with van der Waals surface area (Å²) in [7, 11) is 3.14. The van der Waals surface area contributed by atoms with Crippen LogP contribution < -0.4 is 19.5 Å². The molecule has 1 heterocycles. The second-order valence-corrected chi connectivity index (χ2v) is 6.11. The molecule has 1 fully saturated rings. The van der Waals surface area contributed by atoms with Crippen molar-refractivity contribution in [1.82, 2.24) is 4.90 Å². The minimum atomic E-state index is -0.152. The molecule has 0 bridgehead atoms. The fourth-order valence-electron chi connectivity index (χ4n) is 2.89. The van der Waals surface area contributed by atoms with Crippen LogP contribution in [-0.2, 0) is 6.42 Å². The number of rotatable bonds is 6. The van der Waals surface area contributed by atoms with Crippen molar-refractivity contribution in [3.63, 3.8) is 0 Å². The van der Waals surface area contributed by atoms with Crippen LogP contribution in [0.2, 0.25) is 0 Å². The molecular weight excluding hydrogens is 332 g/mol. The van der Waals surface area contributed by atoms with Crippen LogP contribution >= 0.6 is 0 Å². The molecule has 3 rings (SSSR count). The third kappa shape index (κ3) is 3.85. The molecule has 26 heavy (non-hydrogen) atoms. The Morgan fingerprint density at radius 3 is 2.50 bits per heavy atom. The fraction of sp³-hybridized carbons (Fsp3) is 0.350. The third-order valence-electron chi connectivity index (χ3n) is 4.42. The standard InChI is InChI=1S/C20H24N2O4/c1-4-14-7-5-6-8-17(14)26-16-12-22(13-16)20(23)21-15-9-10-18(24-2)19(11-15)25-3/h5-11,16H,4,12-13H2,1-3H3,(H,21,23). The van der Waals surface area contributed by atoms with Gasteiger partial charge in [-0.1, -0.05) is 25.1 Å². The molecule has 0 aromatic heterocycles. The summed E-state index contributed by atoms with van der Waals surface area (Å²) in [5, 5.41) is 2.87. The predicted octanol–water partition coefficient (Wildman–Crippen LogP) is 3.56. The molecule has 138 valence electrons. The van der Waals surface area contributed by atoms with Gasteiger partial charge in [-0.05, 0) is 30.2 Å². The molecule has 2 aromatic carbocycles. The molecule has 0 aliphatic carbocycles. The van der Waals surface area contributed by atoms with Gasteiger partial charge in [-0.2, -0.15) is 0 Å². The second kappa shape index (κ2) is 7.99. The van der Waals surface area contributed by atoms with E-state index in [1.54, 1.807) is 37.3 Å². The van der Waals surface area contributed by atoms with Crippen molar-refractivity contribution in [2.75, 3.05) is 32.6 Å². The van der Waals surface area contributed by atoms with Gasteiger partial charge in [0.1, 0.15) is 11.9 Å². The van der Waals surface area contributed by atoms with E-state index in [0.717, 1.165) is 12.2 Å². The van der Waals surface area contributed by atoms with E-state index in [1.165, 1.54) is 5.56 Å². The minimum Gasteiger partial charge on any atom is -0.493 e. The summed E-state index contributed by atoms with van der Waals surface area (Å²) in [6.07, 6.45) is 0.950. The van der Waals surface area contributed by atoms with Crippen molar-refractivity contribution in [1.29, 1.82) is 0 Å². The van der Waals surface area contributed by atoms with Gasteiger partial charge in [-0.15, -0.1) is 0 Å². The van der Waals surface area contributed by atoms with Crippen LogP contribution in [0, 0.1) is 0 Å². The first-order chi connectivity index (χ1) is 12.6. The van der Waals surface area contributed by atoms with Gasteiger partial charge in [0, 0.05) is 11.8 Å². The Labute approximate surface area is 153 Å². The Bertz CT molecular complexity index is 772. The van der Waals surface area contributed by atoms with Crippen molar-refractivity contribution in [3.8, 4) is 17.2 Å². The maximum atomic E-state index is 12.4. The molecule has 1 saturated heterocycles. The summed E-state index contributed by atoms with van der Waals surface area (Å²) < 4.78 is 16.5. The highest BCUT2D eigenvalue weighted by atomic mass is 16.5. The number of methoxy groups -OCH3 is 2. The van der Waals surface area contributed by atoms with Crippen molar-refractivity contribution in [2.24, 2.45) is 0 Å². The van der Waals surface area contributed by atoms with E-state index in [1.807, 2.05) is 18.2 Å². The molecule has 0 spiro atoms. The average Bonchev–Trinajstić information content (AvgIpc) is 2.64. The number of nitrogens with one attached hydrogen (secondary N) is 1. The van der Waals surface area contributed by atoms with Gasteiger partial charge in [0.2, 0.25) is 0 Å². The van der Waals surface area contributed by atoms with Gasteiger partial charge < -0.3 is 24.4 Å². The number of amides is 2. The zero-order valence-corrected chi connectivity index (χ0v) is 15.3. The lowest BCUT2D eigenvalue weighted by Crippen LogP contribution is -2.57. The molecule has 0 radical (unpaired) electrons. The maximum Gasteiger partial charge on any atom is 0.322 e. The van der Waals surface area contributed by atoms with Crippen molar-refractivity contribution < 1.29 is 19.0 Å². The lowest BCUT2D eigenvalue weighted by atomic mass is 10.1. The van der Waals surface area contributed by atoms with E-state index in [4.69, 9.17) is 14.2 Å². The lowest BCUT2D eigenvalue weighted by molar-refractivity contribution is 0.0487. The highest BCUT2D eigenvalue weighted by Gasteiger charge is 2.32. The third-order valence-corrected chi connectivity index (χ3v) is 4.42. The zero-order valence-electron chi connectivity index (χ0n) is 15.3. The summed E-state index contributed by atoms with van der Waals surface area (Å²) in [5.74, 6) is 2.10. The molecule has 1 N–H and O–H groups in total. The molecule has 1 aliphatic heterocycles. The van der Waals surface area contributed by atoms with Crippen molar-refractivity contribution in [2.45, 2.75) is 19.4 Å². The van der Waals surface area contributed by atoms with E-state index in [-0.39, 0.29) is 12.1 Å². The van der Waals surface area contributed by atoms with Crippen LogP contribution in [0.1, 0.15) is 12.5 Å². The lowest BCUT2D eigenvalue weighted by Gasteiger charge is -2.39. The molecule has 0 saturated carbocycles. The first kappa shape index (κ1) is 17.9. The smallest absolute Gasteiger partial charge is 0.322 e. The summed E-state index contributed by atoms with van der Waals surface area (Å²) in [6.45, 7) is 3.24. The summed E-state index contributed by atoms with van der Waals surface area (Å²) >= 11 is 0.